The topological polar surface area (TPSA) is 237 Å². The average molecular weight is 1420 g/mol. The van der Waals surface area contributed by atoms with Gasteiger partial charge in [0.25, 0.3) is 0 Å². The van der Waals surface area contributed by atoms with Gasteiger partial charge in [0.2, 0.25) is 0 Å². The molecule has 0 bridgehead atoms. The molecule has 0 saturated carbocycles. The molecule has 3 N–H and O–H groups in total. The Labute approximate surface area is 594 Å². The van der Waals surface area contributed by atoms with E-state index in [-0.39, 0.29) is 25.7 Å². The van der Waals surface area contributed by atoms with Crippen molar-refractivity contribution in [3.8, 4) is 0 Å². The van der Waals surface area contributed by atoms with E-state index in [1.165, 1.54) is 193 Å². The minimum Gasteiger partial charge on any atom is -0.462 e. The highest BCUT2D eigenvalue weighted by molar-refractivity contribution is 7.47. The summed E-state index contributed by atoms with van der Waals surface area (Å²) < 4.78 is 68.5. The molecule has 0 aliphatic carbocycles. The van der Waals surface area contributed by atoms with Crippen molar-refractivity contribution in [2.75, 3.05) is 39.6 Å². The van der Waals surface area contributed by atoms with Crippen molar-refractivity contribution in [3.63, 3.8) is 0 Å². The van der Waals surface area contributed by atoms with Gasteiger partial charge >= 0.3 is 39.5 Å². The summed E-state index contributed by atoms with van der Waals surface area (Å²) in [5.74, 6) is 0.903. The predicted octanol–water partition coefficient (Wildman–Crippen LogP) is 22.8. The van der Waals surface area contributed by atoms with Gasteiger partial charge < -0.3 is 33.8 Å². The fourth-order valence-corrected chi connectivity index (χ4v) is 13.5. The zero-order valence-electron chi connectivity index (χ0n) is 63.7. The molecule has 0 aromatic carbocycles. The lowest BCUT2D eigenvalue weighted by atomic mass is 10.0. The van der Waals surface area contributed by atoms with Crippen LogP contribution in [0.5, 0.6) is 0 Å². The van der Waals surface area contributed by atoms with E-state index in [0.717, 1.165) is 114 Å². The maximum absolute atomic E-state index is 13.1. The molecule has 0 radical (unpaired) electrons. The summed E-state index contributed by atoms with van der Waals surface area (Å²) in [6.07, 6.45) is 53.0. The first-order valence-corrected chi connectivity index (χ1v) is 43.2. The lowest BCUT2D eigenvalue weighted by molar-refractivity contribution is -0.161. The second kappa shape index (κ2) is 67.2. The van der Waals surface area contributed by atoms with E-state index in [2.05, 4.69) is 55.4 Å². The first kappa shape index (κ1) is 95.1. The number of hydrogen-bond donors (Lipinski definition) is 3. The Bertz CT molecular complexity index is 1900. The molecule has 0 saturated heterocycles. The van der Waals surface area contributed by atoms with Crippen LogP contribution in [0.25, 0.3) is 0 Å². The smallest absolute Gasteiger partial charge is 0.462 e. The second-order valence-corrected chi connectivity index (χ2v) is 32.9. The minimum absolute atomic E-state index is 0.104. The van der Waals surface area contributed by atoms with Crippen molar-refractivity contribution in [3.05, 3.63) is 0 Å². The number of unbranched alkanes of at least 4 members (excludes halogenated alkanes) is 41. The standard InChI is InChI=1S/C78H152O17P2/c1-68(2)54-46-38-30-24-19-15-11-9-10-12-17-21-27-33-42-50-58-75(80)88-64-73(94-77(82)60-52-44-34-28-22-18-14-13-16-20-25-31-39-47-55-69(3)4)66-92-96(84,85)90-62-72(79)63-91-97(86,87)93-67-74(65-89-76(81)59-51-43-37-36-41-49-57-71(7)8)95-78(83)61-53-45-35-29-23-26-32-40-48-56-70(5)6/h68-74,79H,9-67H2,1-8H3,(H,84,85)(H,86,87)/t72-,73-,74-/m1/s1. The molecule has 576 valence electrons. The van der Waals surface area contributed by atoms with E-state index in [9.17, 15) is 43.2 Å². The summed E-state index contributed by atoms with van der Waals surface area (Å²) in [5, 5.41) is 10.6. The van der Waals surface area contributed by atoms with Crippen LogP contribution in [0, 0.1) is 23.7 Å². The van der Waals surface area contributed by atoms with Crippen LogP contribution in [0.3, 0.4) is 0 Å². The molecule has 17 nitrogen and oxygen atoms in total. The summed E-state index contributed by atoms with van der Waals surface area (Å²) in [7, 11) is -9.91. The molecule has 0 aliphatic heterocycles. The van der Waals surface area contributed by atoms with Gasteiger partial charge in [0.05, 0.1) is 26.4 Å². The van der Waals surface area contributed by atoms with Gasteiger partial charge in [-0.3, -0.25) is 37.3 Å². The lowest BCUT2D eigenvalue weighted by Gasteiger charge is -2.21. The molecule has 0 amide bonds. The SMILES string of the molecule is CC(C)CCCCCCCCCCCCCCCCCCC(=O)OC[C@H](COP(=O)(O)OC[C@@H](O)COP(=O)(O)OC[C@@H](COC(=O)CCCCCCCCC(C)C)OC(=O)CCCCCCCCCCCC(C)C)OC(=O)CCCCCCCCCCCCCCCCC(C)C. The summed E-state index contributed by atoms with van der Waals surface area (Å²) in [5.41, 5.74) is 0. The van der Waals surface area contributed by atoms with Crippen LogP contribution in [0.4, 0.5) is 0 Å². The van der Waals surface area contributed by atoms with E-state index in [0.29, 0.717) is 31.6 Å². The van der Waals surface area contributed by atoms with Crippen molar-refractivity contribution in [2.24, 2.45) is 23.7 Å². The van der Waals surface area contributed by atoms with Crippen molar-refractivity contribution in [1.82, 2.24) is 0 Å². The van der Waals surface area contributed by atoms with E-state index >= 15 is 0 Å². The van der Waals surface area contributed by atoms with Crippen LogP contribution in [-0.4, -0.2) is 96.7 Å². The van der Waals surface area contributed by atoms with Gasteiger partial charge in [-0.1, -0.05) is 344 Å². The molecule has 2 unspecified atom stereocenters. The summed E-state index contributed by atoms with van der Waals surface area (Å²) in [6, 6.07) is 0. The fraction of sp³-hybridized carbons (Fsp3) is 0.949. The van der Waals surface area contributed by atoms with Gasteiger partial charge in [0.1, 0.15) is 19.3 Å². The third kappa shape index (κ3) is 72.2. The minimum atomic E-state index is -4.96. The lowest BCUT2D eigenvalue weighted by Crippen LogP contribution is -2.30. The second-order valence-electron chi connectivity index (χ2n) is 30.0. The average Bonchev–Trinajstić information content (AvgIpc) is 1.17. The van der Waals surface area contributed by atoms with E-state index < -0.39 is 97.5 Å². The van der Waals surface area contributed by atoms with Crippen molar-refractivity contribution in [1.29, 1.82) is 0 Å². The molecule has 0 fully saturated rings. The zero-order valence-corrected chi connectivity index (χ0v) is 65.5. The van der Waals surface area contributed by atoms with Gasteiger partial charge in [0.15, 0.2) is 12.2 Å². The fourth-order valence-electron chi connectivity index (χ4n) is 11.9. The Kier molecular flexibility index (Phi) is 65.9. The summed E-state index contributed by atoms with van der Waals surface area (Å²) in [6.45, 7) is 14.2. The molecule has 0 aliphatic rings. The molecule has 0 heterocycles. The number of carbonyl (C=O) groups is 4. The van der Waals surface area contributed by atoms with Crippen LogP contribution in [-0.2, 0) is 65.4 Å². The van der Waals surface area contributed by atoms with E-state index in [4.69, 9.17) is 37.0 Å². The quantitative estimate of drug-likeness (QED) is 0.0222. The van der Waals surface area contributed by atoms with Crippen LogP contribution < -0.4 is 0 Å². The third-order valence-electron chi connectivity index (χ3n) is 18.1. The highest BCUT2D eigenvalue weighted by atomic mass is 31.2. The molecular weight excluding hydrogens is 1270 g/mol. The maximum atomic E-state index is 13.1. The molecule has 97 heavy (non-hydrogen) atoms. The van der Waals surface area contributed by atoms with Gasteiger partial charge in [0, 0.05) is 25.7 Å². The molecule has 0 aromatic heterocycles. The number of esters is 4. The van der Waals surface area contributed by atoms with Crippen LogP contribution in [0.1, 0.15) is 396 Å². The Hall–Kier alpha value is -1.94. The molecular formula is C78H152O17P2. The maximum Gasteiger partial charge on any atom is 0.472 e. The number of phosphoric ester groups is 2. The number of phosphoric acid groups is 2. The number of ether oxygens (including phenoxy) is 4. The third-order valence-corrected chi connectivity index (χ3v) is 20.0. The van der Waals surface area contributed by atoms with E-state index in [1.54, 1.807) is 0 Å². The van der Waals surface area contributed by atoms with Crippen molar-refractivity contribution < 1.29 is 80.2 Å². The number of rotatable bonds is 75. The van der Waals surface area contributed by atoms with Crippen molar-refractivity contribution >= 4 is 39.5 Å². The summed E-state index contributed by atoms with van der Waals surface area (Å²) in [4.78, 5) is 72.8. The normalized spacial score (nSPS) is 14.1. The molecule has 5 atom stereocenters. The van der Waals surface area contributed by atoms with Gasteiger partial charge in [-0.25, -0.2) is 9.13 Å². The molecule has 0 spiro atoms. The predicted molar refractivity (Wildman–Crippen MR) is 395 cm³/mol. The molecule has 0 aromatic rings. The van der Waals surface area contributed by atoms with Gasteiger partial charge in [-0.05, 0) is 49.4 Å². The van der Waals surface area contributed by atoms with Crippen molar-refractivity contribution in [2.45, 2.75) is 414 Å². The monoisotopic (exact) mass is 1420 g/mol. The highest BCUT2D eigenvalue weighted by Gasteiger charge is 2.30. The highest BCUT2D eigenvalue weighted by Crippen LogP contribution is 2.45. The van der Waals surface area contributed by atoms with Crippen LogP contribution >= 0.6 is 15.6 Å². The Morgan fingerprint density at radius 2 is 0.433 bits per heavy atom. The van der Waals surface area contributed by atoms with Gasteiger partial charge in [-0.15, -0.1) is 0 Å². The van der Waals surface area contributed by atoms with Gasteiger partial charge in [-0.2, -0.15) is 0 Å². The largest absolute Gasteiger partial charge is 0.472 e. The summed E-state index contributed by atoms with van der Waals surface area (Å²) >= 11 is 0. The molecule has 0 rings (SSSR count). The Balaban J connectivity index is 5.22. The van der Waals surface area contributed by atoms with Crippen LogP contribution in [0.15, 0.2) is 0 Å². The number of aliphatic hydroxyl groups excluding tert-OH is 1. The van der Waals surface area contributed by atoms with Crippen LogP contribution in [0.2, 0.25) is 0 Å². The zero-order chi connectivity index (χ0) is 71.7. The Morgan fingerprint density at radius 1 is 0.258 bits per heavy atom. The number of aliphatic hydroxyl groups is 1. The number of carbonyl (C=O) groups excluding carboxylic acids is 4. The Morgan fingerprint density at radius 3 is 0.639 bits per heavy atom. The first-order valence-electron chi connectivity index (χ1n) is 40.2. The molecule has 19 heteroatoms. The van der Waals surface area contributed by atoms with E-state index in [1.807, 2.05) is 0 Å². The first-order chi connectivity index (χ1) is 46.6. The number of hydrogen-bond acceptors (Lipinski definition) is 15.